The molecular weight excluding hydrogens is 400 g/mol. The first-order valence-corrected chi connectivity index (χ1v) is 11.3. The van der Waals surface area contributed by atoms with E-state index in [0.29, 0.717) is 29.4 Å². The molecule has 0 spiro atoms. The molecule has 1 saturated heterocycles. The molecule has 3 aromatic carbocycles. The molecule has 30 heavy (non-hydrogen) atoms. The molecule has 1 fully saturated rings. The summed E-state index contributed by atoms with van der Waals surface area (Å²) in [7, 11) is -0.360. The van der Waals surface area contributed by atoms with Gasteiger partial charge in [-0.3, -0.25) is 4.79 Å². The molecule has 0 N–H and O–H groups in total. The van der Waals surface area contributed by atoms with E-state index in [1.54, 1.807) is 53.7 Å². The second-order valence-electron chi connectivity index (χ2n) is 7.77. The highest BCUT2D eigenvalue weighted by atomic mass is 32.2. The maximum atomic E-state index is 13.6. The predicted octanol–water partition coefficient (Wildman–Crippen LogP) is 3.62. The molecular formula is C23H22N2O4S. The molecule has 0 saturated carbocycles. The Morgan fingerprint density at radius 2 is 1.83 bits per heavy atom. The van der Waals surface area contributed by atoms with Crippen LogP contribution >= 0.6 is 0 Å². The average molecular weight is 423 g/mol. The van der Waals surface area contributed by atoms with Crippen molar-refractivity contribution >= 4 is 32.4 Å². The maximum absolute atomic E-state index is 13.6. The predicted molar refractivity (Wildman–Crippen MR) is 116 cm³/mol. The van der Waals surface area contributed by atoms with Gasteiger partial charge in [-0.05, 0) is 36.2 Å². The van der Waals surface area contributed by atoms with E-state index in [9.17, 15) is 13.2 Å². The molecule has 1 amide bonds. The lowest BCUT2D eigenvalue weighted by Crippen LogP contribution is -2.29. The van der Waals surface area contributed by atoms with Gasteiger partial charge in [0.15, 0.2) is 0 Å². The van der Waals surface area contributed by atoms with Gasteiger partial charge in [0, 0.05) is 42.4 Å². The first-order chi connectivity index (χ1) is 14.4. The van der Waals surface area contributed by atoms with Gasteiger partial charge in [0.1, 0.15) is 5.75 Å². The zero-order chi connectivity index (χ0) is 21.0. The van der Waals surface area contributed by atoms with Gasteiger partial charge in [0.2, 0.25) is 10.0 Å². The summed E-state index contributed by atoms with van der Waals surface area (Å²) >= 11 is 0. The van der Waals surface area contributed by atoms with E-state index in [0.717, 1.165) is 23.4 Å². The van der Waals surface area contributed by atoms with Crippen LogP contribution in [0.5, 0.6) is 5.75 Å². The number of hydrogen-bond donors (Lipinski definition) is 0. The number of ether oxygens (including phenoxy) is 1. The first kappa shape index (κ1) is 19.1. The molecule has 5 rings (SSSR count). The minimum absolute atomic E-state index is 0.0837. The summed E-state index contributed by atoms with van der Waals surface area (Å²) in [6, 6.07) is 16.4. The average Bonchev–Trinajstić information content (AvgIpc) is 3.36. The molecule has 0 aliphatic carbocycles. The topological polar surface area (TPSA) is 66.9 Å². The first-order valence-electron chi connectivity index (χ1n) is 9.90. The molecule has 2 heterocycles. The van der Waals surface area contributed by atoms with Crippen LogP contribution in [0.3, 0.4) is 0 Å². The van der Waals surface area contributed by atoms with Crippen LogP contribution in [-0.4, -0.2) is 45.9 Å². The lowest BCUT2D eigenvalue weighted by molar-refractivity contribution is 0.0999. The minimum Gasteiger partial charge on any atom is -0.496 e. The van der Waals surface area contributed by atoms with E-state index in [2.05, 4.69) is 0 Å². The van der Waals surface area contributed by atoms with Crippen LogP contribution in [0, 0.1) is 0 Å². The van der Waals surface area contributed by atoms with Crippen molar-refractivity contribution < 1.29 is 17.9 Å². The van der Waals surface area contributed by atoms with Crippen molar-refractivity contribution in [3.05, 3.63) is 65.7 Å². The third-order valence-corrected chi connectivity index (χ3v) is 8.15. The van der Waals surface area contributed by atoms with E-state index in [-0.39, 0.29) is 16.7 Å². The van der Waals surface area contributed by atoms with Gasteiger partial charge >= 0.3 is 0 Å². The van der Waals surface area contributed by atoms with Crippen LogP contribution in [0.1, 0.15) is 28.3 Å². The molecule has 3 aromatic rings. The number of carbonyl (C=O) groups excluding carboxylic acids is 1. The molecule has 6 nitrogen and oxygen atoms in total. The standard InChI is InChI=1S/C23H22N2O4S/c1-24-19-10-11-21(17-7-5-8-18(22(17)19)23(24)26)30(27,28)25-13-12-15(14-25)16-6-3-4-9-20(16)29-2/h3-11,15H,12-14H2,1-2H3. The number of para-hydroxylation sites is 1. The quantitative estimate of drug-likeness (QED) is 0.644. The van der Waals surface area contributed by atoms with Crippen LogP contribution in [0.4, 0.5) is 5.69 Å². The van der Waals surface area contributed by atoms with Crippen molar-refractivity contribution in [2.24, 2.45) is 0 Å². The fourth-order valence-corrected chi connectivity index (χ4v) is 6.37. The Labute approximate surface area is 175 Å². The van der Waals surface area contributed by atoms with Gasteiger partial charge in [-0.15, -0.1) is 0 Å². The van der Waals surface area contributed by atoms with E-state index < -0.39 is 10.0 Å². The van der Waals surface area contributed by atoms with Gasteiger partial charge in [0.05, 0.1) is 17.7 Å². The number of nitrogens with zero attached hydrogens (tertiary/aromatic N) is 2. The lowest BCUT2D eigenvalue weighted by atomic mass is 9.97. The Balaban J connectivity index is 1.55. The van der Waals surface area contributed by atoms with Crippen molar-refractivity contribution in [3.63, 3.8) is 0 Å². The molecule has 1 unspecified atom stereocenters. The van der Waals surface area contributed by atoms with Gasteiger partial charge in [-0.25, -0.2) is 8.42 Å². The van der Waals surface area contributed by atoms with E-state index in [1.807, 2.05) is 24.3 Å². The van der Waals surface area contributed by atoms with Crippen LogP contribution < -0.4 is 9.64 Å². The Morgan fingerprint density at radius 3 is 2.63 bits per heavy atom. The molecule has 7 heteroatoms. The minimum atomic E-state index is -3.70. The van der Waals surface area contributed by atoms with Gasteiger partial charge in [-0.2, -0.15) is 4.31 Å². The summed E-state index contributed by atoms with van der Waals surface area (Å²) in [6.45, 7) is 0.858. The number of rotatable bonds is 4. The molecule has 2 aliphatic heterocycles. The second-order valence-corrected chi connectivity index (χ2v) is 9.67. The van der Waals surface area contributed by atoms with E-state index >= 15 is 0 Å². The summed E-state index contributed by atoms with van der Waals surface area (Å²) in [4.78, 5) is 14.3. The van der Waals surface area contributed by atoms with Crippen LogP contribution in [0.2, 0.25) is 0 Å². The van der Waals surface area contributed by atoms with Gasteiger partial charge in [-0.1, -0.05) is 30.3 Å². The zero-order valence-electron chi connectivity index (χ0n) is 16.8. The Bertz CT molecular complexity index is 1290. The van der Waals surface area contributed by atoms with E-state index in [1.165, 1.54) is 0 Å². The molecule has 154 valence electrons. The maximum Gasteiger partial charge on any atom is 0.258 e. The Kier molecular flexibility index (Phi) is 4.34. The SMILES string of the molecule is COc1ccccc1C1CCN(S(=O)(=O)c2ccc3c4c(cccc24)C(=O)N3C)C1. The summed E-state index contributed by atoms with van der Waals surface area (Å²) in [5.41, 5.74) is 2.33. The summed E-state index contributed by atoms with van der Waals surface area (Å²) in [5, 5.41) is 1.31. The fourth-order valence-electron chi connectivity index (χ4n) is 4.68. The molecule has 0 bridgehead atoms. The smallest absolute Gasteiger partial charge is 0.258 e. The third kappa shape index (κ3) is 2.66. The van der Waals surface area contributed by atoms with Crippen molar-refractivity contribution in [3.8, 4) is 5.75 Å². The second kappa shape index (κ2) is 6.82. The number of hydrogen-bond acceptors (Lipinski definition) is 4. The third-order valence-electron chi connectivity index (χ3n) is 6.22. The number of sulfonamides is 1. The van der Waals surface area contributed by atoms with Gasteiger partial charge in [0.25, 0.3) is 5.91 Å². The van der Waals surface area contributed by atoms with Crippen molar-refractivity contribution in [2.75, 3.05) is 32.1 Å². The summed E-state index contributed by atoms with van der Waals surface area (Å²) < 4.78 is 34.2. The molecule has 1 atom stereocenters. The highest BCUT2D eigenvalue weighted by Crippen LogP contribution is 2.41. The van der Waals surface area contributed by atoms with Crippen molar-refractivity contribution in [2.45, 2.75) is 17.2 Å². The Hall–Kier alpha value is -2.90. The fraction of sp³-hybridized carbons (Fsp3) is 0.261. The molecule has 0 aromatic heterocycles. The van der Waals surface area contributed by atoms with Crippen LogP contribution in [-0.2, 0) is 10.0 Å². The number of benzene rings is 3. The molecule has 0 radical (unpaired) electrons. The summed E-state index contributed by atoms with van der Waals surface area (Å²) in [6.07, 6.45) is 0.738. The van der Waals surface area contributed by atoms with Crippen LogP contribution in [0.25, 0.3) is 10.8 Å². The molecule has 2 aliphatic rings. The lowest BCUT2D eigenvalue weighted by Gasteiger charge is -2.19. The number of carbonyl (C=O) groups is 1. The van der Waals surface area contributed by atoms with E-state index in [4.69, 9.17) is 4.74 Å². The van der Waals surface area contributed by atoms with Crippen LogP contribution in [0.15, 0.2) is 59.5 Å². The Morgan fingerprint density at radius 1 is 1.03 bits per heavy atom. The number of methoxy groups -OCH3 is 1. The highest BCUT2D eigenvalue weighted by Gasteiger charge is 2.37. The van der Waals surface area contributed by atoms with Crippen molar-refractivity contribution in [1.82, 2.24) is 4.31 Å². The largest absolute Gasteiger partial charge is 0.496 e. The summed E-state index contributed by atoms with van der Waals surface area (Å²) in [5.74, 6) is 0.761. The van der Waals surface area contributed by atoms with Gasteiger partial charge < -0.3 is 9.64 Å². The highest BCUT2D eigenvalue weighted by molar-refractivity contribution is 7.89. The number of amides is 1. The monoisotopic (exact) mass is 422 g/mol. The number of anilines is 1. The normalized spacial score (nSPS) is 19.1. The van der Waals surface area contributed by atoms with Crippen molar-refractivity contribution in [1.29, 1.82) is 0 Å². The zero-order valence-corrected chi connectivity index (χ0v) is 17.6.